The molecule has 10 atom stereocenters. The third-order valence-electron chi connectivity index (χ3n) is 3.78. The first-order valence-electron chi connectivity index (χ1n) is 7.68. The summed E-state index contributed by atoms with van der Waals surface area (Å²) in [6.07, 6.45) is -13.6. The molecule has 2 aliphatic heterocycles. The zero-order chi connectivity index (χ0) is 21.3. The number of aliphatic hydroxyl groups excluding tert-OH is 6. The summed E-state index contributed by atoms with van der Waals surface area (Å²) < 4.78 is 45.1. The third kappa shape index (κ3) is 7.52. The summed E-state index contributed by atoms with van der Waals surface area (Å²) in [5.74, 6) is 0. The minimum Gasteiger partial charge on any atom is -0.756 e. The van der Waals surface area contributed by atoms with E-state index in [-0.39, 0.29) is 31.1 Å². The summed E-state index contributed by atoms with van der Waals surface area (Å²) in [6.45, 7) is -0.975. The number of phosphoric acid groups is 2. The van der Waals surface area contributed by atoms with Crippen LogP contribution in [0.5, 0.6) is 0 Å². The molecular formula is C11H19O15P2U-3. The summed E-state index contributed by atoms with van der Waals surface area (Å²) in [7, 11) is -11.3. The second kappa shape index (κ2) is 11.2. The molecule has 0 spiro atoms. The fraction of sp³-hybridized carbons (Fsp3) is 0.909. The van der Waals surface area contributed by atoms with E-state index in [2.05, 4.69) is 13.4 Å². The summed E-state index contributed by atoms with van der Waals surface area (Å²) in [5, 5.41) is 56.2. The van der Waals surface area contributed by atoms with E-state index in [0.717, 1.165) is 6.61 Å². The second-order valence-electron chi connectivity index (χ2n) is 5.87. The van der Waals surface area contributed by atoms with Crippen LogP contribution in [0.1, 0.15) is 0 Å². The van der Waals surface area contributed by atoms with Gasteiger partial charge in [0.25, 0.3) is 15.6 Å². The fourth-order valence-corrected chi connectivity index (χ4v) is 4.42. The predicted octanol–water partition coefficient (Wildman–Crippen LogP) is -4.94. The van der Waals surface area contributed by atoms with Crippen LogP contribution in [0.2, 0.25) is 0 Å². The van der Waals surface area contributed by atoms with Gasteiger partial charge in [0, 0.05) is 31.1 Å². The molecule has 0 aromatic heterocycles. The number of aliphatic hydroxyl groups is 6. The van der Waals surface area contributed by atoms with Crippen LogP contribution >= 0.6 is 15.6 Å². The first kappa shape index (κ1) is 28.0. The van der Waals surface area contributed by atoms with Gasteiger partial charge in [0.15, 0.2) is 6.29 Å². The van der Waals surface area contributed by atoms with Gasteiger partial charge in [0.05, 0.1) is 25.4 Å². The van der Waals surface area contributed by atoms with Crippen molar-refractivity contribution < 1.29 is 104 Å². The number of hydrogen-bond acceptors (Lipinski definition) is 15. The molecule has 0 saturated carbocycles. The first-order chi connectivity index (χ1) is 12.9. The third-order valence-corrected chi connectivity index (χ3v) is 6.31. The Morgan fingerprint density at radius 1 is 1.07 bits per heavy atom. The van der Waals surface area contributed by atoms with Crippen LogP contribution in [0.3, 0.4) is 0 Å². The standard InChI is InChI=1S/C11H21O15P2.U/c12-1-4(13)10-8(16)9(17)11(24-10)25-28(20,21)26-27(18,19)23-3-6-7(15)5(14)2-22-6;/h2,4-17H,1,3H2,(H,18,19)(H,20,21);/q-1;/p-2/t4-,5?,6-,7-,8+,9?,10+,11-;/m1./s1. The molecule has 0 radical (unpaired) electrons. The maximum Gasteiger partial charge on any atom is 0.276 e. The number of phosphoric ester groups is 2. The van der Waals surface area contributed by atoms with E-state index in [1.807, 2.05) is 0 Å². The molecule has 0 aliphatic carbocycles. The Balaban J connectivity index is 0.00000420. The van der Waals surface area contributed by atoms with Crippen molar-refractivity contribution in [2.75, 3.05) is 13.2 Å². The average Bonchev–Trinajstić information content (AvgIpc) is 3.05. The summed E-state index contributed by atoms with van der Waals surface area (Å²) in [5.41, 5.74) is 0. The summed E-state index contributed by atoms with van der Waals surface area (Å²) in [4.78, 5) is 23.4. The SMILES string of the molecule is O=P([O-])(OC[C@H]1O[CH-]C(O)[C@H]1O)OP(=O)([O-])O[C@H]1O[C@@H]([C@H](O)CO)[C@@H](O)C1O.[U]. The van der Waals surface area contributed by atoms with Crippen molar-refractivity contribution in [2.24, 2.45) is 0 Å². The molecule has 18 heteroatoms. The Kier molecular flexibility index (Phi) is 10.8. The molecule has 15 nitrogen and oxygen atoms in total. The van der Waals surface area contributed by atoms with Crippen LogP contribution in [0.25, 0.3) is 0 Å². The molecule has 2 aliphatic rings. The molecule has 4 unspecified atom stereocenters. The molecule has 0 aromatic carbocycles. The summed E-state index contributed by atoms with van der Waals surface area (Å²) >= 11 is 0. The summed E-state index contributed by atoms with van der Waals surface area (Å²) in [6, 6.07) is 0. The normalized spacial score (nSPS) is 40.1. The van der Waals surface area contributed by atoms with Gasteiger partial charge in [-0.1, -0.05) is 0 Å². The van der Waals surface area contributed by atoms with Gasteiger partial charge in [-0.25, -0.2) is 4.31 Å². The molecule has 2 rings (SSSR count). The van der Waals surface area contributed by atoms with E-state index in [1.54, 1.807) is 0 Å². The molecule has 0 amide bonds. The van der Waals surface area contributed by atoms with E-state index < -0.39 is 77.9 Å². The monoisotopic (exact) mass is 691 g/mol. The van der Waals surface area contributed by atoms with Gasteiger partial charge < -0.3 is 54.4 Å². The Morgan fingerprint density at radius 2 is 1.69 bits per heavy atom. The molecule has 6 N–H and O–H groups in total. The quantitative estimate of drug-likeness (QED) is 0.0980. The van der Waals surface area contributed by atoms with Gasteiger partial charge in [0.2, 0.25) is 0 Å². The minimum absolute atomic E-state index is 0. The second-order valence-corrected chi connectivity index (χ2v) is 8.78. The number of rotatable bonds is 9. The Morgan fingerprint density at radius 3 is 2.21 bits per heavy atom. The van der Waals surface area contributed by atoms with E-state index in [1.165, 1.54) is 0 Å². The van der Waals surface area contributed by atoms with Gasteiger partial charge in [-0.3, -0.25) is 13.7 Å². The fourth-order valence-electron chi connectivity index (χ4n) is 2.34. The number of ether oxygens (including phenoxy) is 2. The molecule has 170 valence electrons. The molecule has 29 heavy (non-hydrogen) atoms. The molecule has 2 fully saturated rings. The van der Waals surface area contributed by atoms with Crippen molar-refractivity contribution in [1.82, 2.24) is 0 Å². The van der Waals surface area contributed by atoms with Gasteiger partial charge in [-0.15, -0.1) is 0 Å². The zero-order valence-corrected chi connectivity index (χ0v) is 20.3. The van der Waals surface area contributed by atoms with Crippen molar-refractivity contribution in [3.8, 4) is 0 Å². The Hall–Kier alpha value is 0.992. The largest absolute Gasteiger partial charge is 0.756 e. The topological polar surface area (TPSA) is 248 Å². The molecule has 0 bridgehead atoms. The van der Waals surface area contributed by atoms with Crippen molar-refractivity contribution in [3.05, 3.63) is 6.61 Å². The van der Waals surface area contributed by atoms with E-state index in [4.69, 9.17) is 14.6 Å². The minimum atomic E-state index is -5.73. The smallest absolute Gasteiger partial charge is 0.276 e. The van der Waals surface area contributed by atoms with Crippen LogP contribution < -0.4 is 9.79 Å². The predicted molar refractivity (Wildman–Crippen MR) is 78.3 cm³/mol. The van der Waals surface area contributed by atoms with Crippen LogP contribution in [-0.2, 0) is 32.0 Å². The van der Waals surface area contributed by atoms with Crippen molar-refractivity contribution >= 4 is 15.6 Å². The molecular weight excluding hydrogens is 672 g/mol. The van der Waals surface area contributed by atoms with Crippen LogP contribution in [0.4, 0.5) is 0 Å². The van der Waals surface area contributed by atoms with Crippen molar-refractivity contribution in [2.45, 2.75) is 49.0 Å². The van der Waals surface area contributed by atoms with E-state index in [0.29, 0.717) is 0 Å². The Labute approximate surface area is 187 Å². The van der Waals surface area contributed by atoms with Gasteiger partial charge in [-0.2, -0.15) is 6.61 Å². The number of hydrogen-bond donors (Lipinski definition) is 6. The van der Waals surface area contributed by atoms with Crippen molar-refractivity contribution in [3.63, 3.8) is 0 Å². The van der Waals surface area contributed by atoms with Gasteiger partial charge in [0.1, 0.15) is 24.4 Å². The van der Waals surface area contributed by atoms with E-state index in [9.17, 15) is 44.4 Å². The molecule has 2 heterocycles. The maximum absolute atomic E-state index is 11.7. The first-order valence-corrected chi connectivity index (χ1v) is 10.6. The van der Waals surface area contributed by atoms with E-state index >= 15 is 0 Å². The maximum atomic E-state index is 11.7. The van der Waals surface area contributed by atoms with Crippen LogP contribution in [-0.4, -0.2) is 92.9 Å². The average molecular weight is 691 g/mol. The van der Waals surface area contributed by atoms with Crippen LogP contribution in [0, 0.1) is 37.7 Å². The van der Waals surface area contributed by atoms with Gasteiger partial charge in [-0.05, 0) is 6.10 Å². The Bertz CT molecular complexity index is 623. The zero-order valence-electron chi connectivity index (χ0n) is 14.4. The molecule has 2 saturated heterocycles. The van der Waals surface area contributed by atoms with Crippen LogP contribution in [0.15, 0.2) is 0 Å². The van der Waals surface area contributed by atoms with Gasteiger partial charge >= 0.3 is 0 Å². The molecule has 0 aromatic rings. The van der Waals surface area contributed by atoms with Crippen molar-refractivity contribution in [1.29, 1.82) is 0 Å².